The van der Waals surface area contributed by atoms with Gasteiger partial charge in [-0.25, -0.2) is 12.7 Å². The van der Waals surface area contributed by atoms with Gasteiger partial charge in [0.15, 0.2) is 0 Å². The first-order chi connectivity index (χ1) is 10.5. The lowest BCUT2D eigenvalue weighted by molar-refractivity contribution is 0.458. The number of anilines is 1. The molecule has 122 valence electrons. The summed E-state index contributed by atoms with van der Waals surface area (Å²) in [5, 5.41) is 12.0. The van der Waals surface area contributed by atoms with Gasteiger partial charge in [-0.3, -0.25) is 0 Å². The summed E-state index contributed by atoms with van der Waals surface area (Å²) in [6, 6.07) is 4.54. The van der Waals surface area contributed by atoms with Crippen molar-refractivity contribution in [3.63, 3.8) is 0 Å². The van der Waals surface area contributed by atoms with E-state index in [1.165, 1.54) is 31.9 Å². The molecule has 2 heterocycles. The Balaban J connectivity index is 1.53. The molecule has 22 heavy (non-hydrogen) atoms. The molecule has 0 aromatic carbocycles. The minimum absolute atomic E-state index is 0.345. The predicted molar refractivity (Wildman–Crippen MR) is 86.1 cm³/mol. The number of nitrogens with one attached hydrogen (secondary N) is 1. The number of hydrogen-bond acceptors (Lipinski definition) is 5. The van der Waals surface area contributed by atoms with Crippen LogP contribution in [0.3, 0.4) is 0 Å². The fourth-order valence-corrected chi connectivity index (χ4v) is 4.30. The highest BCUT2D eigenvalue weighted by molar-refractivity contribution is 7.88. The third-order valence-electron chi connectivity index (χ3n) is 4.64. The van der Waals surface area contributed by atoms with Gasteiger partial charge >= 0.3 is 0 Å². The first kappa shape index (κ1) is 15.7. The summed E-state index contributed by atoms with van der Waals surface area (Å²) < 4.78 is 24.6. The quantitative estimate of drug-likeness (QED) is 0.891. The van der Waals surface area contributed by atoms with Crippen molar-refractivity contribution in [3.05, 3.63) is 17.8 Å². The molecule has 0 amide bonds. The van der Waals surface area contributed by atoms with Gasteiger partial charge < -0.3 is 5.32 Å². The van der Waals surface area contributed by atoms with Crippen LogP contribution in [0.15, 0.2) is 12.1 Å². The predicted octanol–water partition coefficient (Wildman–Crippen LogP) is 1.66. The van der Waals surface area contributed by atoms with Gasteiger partial charge in [-0.1, -0.05) is 12.8 Å². The zero-order valence-corrected chi connectivity index (χ0v) is 13.8. The van der Waals surface area contributed by atoms with Crippen LogP contribution in [0.2, 0.25) is 0 Å². The van der Waals surface area contributed by atoms with Crippen LogP contribution in [0.5, 0.6) is 0 Å². The van der Waals surface area contributed by atoms with E-state index in [0.29, 0.717) is 25.0 Å². The Morgan fingerprint density at radius 1 is 1.23 bits per heavy atom. The van der Waals surface area contributed by atoms with Gasteiger partial charge in [0.1, 0.15) is 5.82 Å². The average molecular weight is 324 g/mol. The average Bonchev–Trinajstić information content (AvgIpc) is 3.12. The summed E-state index contributed by atoms with van der Waals surface area (Å²) in [4.78, 5) is 0. The highest BCUT2D eigenvalue weighted by Gasteiger charge is 2.28. The van der Waals surface area contributed by atoms with Crippen molar-refractivity contribution >= 4 is 15.8 Å². The third-order valence-corrected chi connectivity index (χ3v) is 5.91. The molecule has 0 unspecified atom stereocenters. The summed E-state index contributed by atoms with van der Waals surface area (Å²) in [6.07, 6.45) is 7.99. The van der Waals surface area contributed by atoms with Crippen LogP contribution in [0.25, 0.3) is 0 Å². The highest BCUT2D eigenvalue weighted by atomic mass is 32.2. The third kappa shape index (κ3) is 3.95. The van der Waals surface area contributed by atoms with Gasteiger partial charge in [0, 0.05) is 19.1 Å². The van der Waals surface area contributed by atoms with E-state index in [4.69, 9.17) is 0 Å². The van der Waals surface area contributed by atoms with E-state index >= 15 is 0 Å². The van der Waals surface area contributed by atoms with Crippen LogP contribution in [0, 0.1) is 5.92 Å². The molecule has 1 aliphatic heterocycles. The van der Waals surface area contributed by atoms with Gasteiger partial charge in [0.05, 0.1) is 11.9 Å². The van der Waals surface area contributed by atoms with Crippen molar-refractivity contribution in [1.29, 1.82) is 0 Å². The molecule has 1 saturated heterocycles. The molecule has 2 fully saturated rings. The van der Waals surface area contributed by atoms with E-state index in [-0.39, 0.29) is 0 Å². The first-order valence-corrected chi connectivity index (χ1v) is 9.90. The summed E-state index contributed by atoms with van der Waals surface area (Å²) in [5.41, 5.74) is 0.942. The number of nitrogens with zero attached hydrogens (tertiary/aromatic N) is 3. The van der Waals surface area contributed by atoms with E-state index in [1.54, 1.807) is 4.31 Å². The lowest BCUT2D eigenvalue weighted by Gasteiger charge is -2.14. The maximum Gasteiger partial charge on any atom is 0.211 e. The first-order valence-electron chi connectivity index (χ1n) is 8.05. The normalized spacial score (nSPS) is 24.0. The second-order valence-electron chi connectivity index (χ2n) is 6.52. The van der Waals surface area contributed by atoms with Crippen LogP contribution in [-0.2, 0) is 16.4 Å². The second kappa shape index (κ2) is 6.50. The monoisotopic (exact) mass is 324 g/mol. The number of aromatic nitrogens is 2. The molecule has 6 nitrogen and oxygen atoms in total. The van der Waals surface area contributed by atoms with E-state index in [0.717, 1.165) is 24.4 Å². The molecule has 2 aliphatic rings. The molecular formula is C15H24N4O2S. The van der Waals surface area contributed by atoms with Gasteiger partial charge in [0.25, 0.3) is 0 Å². The molecule has 0 bridgehead atoms. The molecule has 1 saturated carbocycles. The van der Waals surface area contributed by atoms with Crippen LogP contribution in [0.4, 0.5) is 5.82 Å². The van der Waals surface area contributed by atoms with Crippen LogP contribution in [0.1, 0.15) is 37.8 Å². The molecule has 1 aliphatic carbocycles. The van der Waals surface area contributed by atoms with Gasteiger partial charge in [-0.05, 0) is 43.7 Å². The van der Waals surface area contributed by atoms with Crippen LogP contribution in [-0.4, -0.2) is 48.3 Å². The lowest BCUT2D eigenvalue weighted by Crippen LogP contribution is -2.27. The van der Waals surface area contributed by atoms with Crippen molar-refractivity contribution in [3.8, 4) is 0 Å². The molecule has 0 spiro atoms. The maximum atomic E-state index is 11.5. The smallest absolute Gasteiger partial charge is 0.211 e. The van der Waals surface area contributed by atoms with Crippen LogP contribution < -0.4 is 5.32 Å². The summed E-state index contributed by atoms with van der Waals surface area (Å²) in [5.74, 6) is 1.19. The Morgan fingerprint density at radius 3 is 2.59 bits per heavy atom. The number of sulfonamides is 1. The van der Waals surface area contributed by atoms with Crippen molar-refractivity contribution in [2.24, 2.45) is 5.92 Å². The summed E-state index contributed by atoms with van der Waals surface area (Å²) in [7, 11) is -3.06. The minimum Gasteiger partial charge on any atom is -0.366 e. The highest BCUT2D eigenvalue weighted by Crippen LogP contribution is 2.23. The lowest BCUT2D eigenvalue weighted by atomic mass is 10.0. The van der Waals surface area contributed by atoms with Crippen molar-refractivity contribution < 1.29 is 8.42 Å². The fraction of sp³-hybridized carbons (Fsp3) is 0.733. The largest absolute Gasteiger partial charge is 0.366 e. The SMILES string of the molecule is CS(=O)(=O)N1CC[C@@H](Cc2ccc(NC3CCCC3)nn2)C1. The zero-order valence-electron chi connectivity index (χ0n) is 13.0. The van der Waals surface area contributed by atoms with E-state index < -0.39 is 10.0 Å². The van der Waals surface area contributed by atoms with Crippen molar-refractivity contribution in [2.75, 3.05) is 24.7 Å². The Hall–Kier alpha value is -1.21. The number of rotatable bonds is 5. The molecule has 3 rings (SSSR count). The fourth-order valence-electron chi connectivity index (χ4n) is 3.39. The number of hydrogen-bond donors (Lipinski definition) is 1. The van der Waals surface area contributed by atoms with E-state index in [9.17, 15) is 8.42 Å². The minimum atomic E-state index is -3.06. The molecular weight excluding hydrogens is 300 g/mol. The molecule has 1 atom stereocenters. The van der Waals surface area contributed by atoms with E-state index in [2.05, 4.69) is 15.5 Å². The Kier molecular flexibility index (Phi) is 4.63. The Labute approximate surface area is 132 Å². The summed E-state index contributed by atoms with van der Waals surface area (Å²) >= 11 is 0. The molecule has 7 heteroatoms. The Morgan fingerprint density at radius 2 is 2.00 bits per heavy atom. The molecule has 1 N–H and O–H groups in total. The van der Waals surface area contributed by atoms with E-state index in [1.807, 2.05) is 12.1 Å². The second-order valence-corrected chi connectivity index (χ2v) is 8.50. The summed E-state index contributed by atoms with van der Waals surface area (Å²) in [6.45, 7) is 1.22. The van der Waals surface area contributed by atoms with Gasteiger partial charge in [-0.15, -0.1) is 5.10 Å². The van der Waals surface area contributed by atoms with Crippen molar-refractivity contribution in [2.45, 2.75) is 44.6 Å². The zero-order chi connectivity index (χ0) is 15.6. The topological polar surface area (TPSA) is 75.2 Å². The molecule has 1 aromatic rings. The Bertz CT molecular complexity index is 596. The molecule has 0 radical (unpaired) electrons. The van der Waals surface area contributed by atoms with Crippen LogP contribution >= 0.6 is 0 Å². The molecule has 1 aromatic heterocycles. The van der Waals surface area contributed by atoms with Gasteiger partial charge in [0.2, 0.25) is 10.0 Å². The standard InChI is InChI=1S/C15H24N4O2S/c1-22(20,21)19-9-8-12(11-19)10-14-6-7-15(18-17-14)16-13-4-2-3-5-13/h6-7,12-13H,2-5,8-11H2,1H3,(H,16,18)/t12-/m0/s1. The van der Waals surface area contributed by atoms with Crippen molar-refractivity contribution in [1.82, 2.24) is 14.5 Å². The van der Waals surface area contributed by atoms with Gasteiger partial charge in [-0.2, -0.15) is 5.10 Å². The maximum absolute atomic E-state index is 11.5.